The second kappa shape index (κ2) is 18.1. The monoisotopic (exact) mass is 884 g/mol. The number of nitrogens with zero attached hydrogens (tertiary/aromatic N) is 2. The largest absolute Gasteiger partial charge is 0.512 e. The van der Waals surface area contributed by atoms with E-state index in [1.54, 1.807) is 0 Å². The number of aliphatic hydroxyl groups is 1. The minimum atomic E-state index is 0. The van der Waals surface area contributed by atoms with Crippen LogP contribution in [0.4, 0.5) is 0 Å². The summed E-state index contributed by atoms with van der Waals surface area (Å²) in [6.07, 6.45) is 9.66. The molecular formula is C47H51IrN2O3-. The number of aryl methyl sites for hydroxylation is 2. The summed E-state index contributed by atoms with van der Waals surface area (Å²) in [5, 5.41) is 13.1. The zero-order valence-electron chi connectivity index (χ0n) is 31.8. The van der Waals surface area contributed by atoms with E-state index in [-0.39, 0.29) is 43.5 Å². The fourth-order valence-electron chi connectivity index (χ4n) is 7.45. The Hall–Kier alpha value is -4.38. The van der Waals surface area contributed by atoms with Gasteiger partial charge in [-0.3, -0.25) is 14.8 Å². The first kappa shape index (κ1) is 39.8. The minimum absolute atomic E-state index is 0. The smallest absolute Gasteiger partial charge is 0.162 e. The molecule has 0 amide bonds. The van der Waals surface area contributed by atoms with Crippen LogP contribution in [0.15, 0.2) is 101 Å². The number of ketones is 1. The van der Waals surface area contributed by atoms with Crippen molar-refractivity contribution in [3.63, 3.8) is 0 Å². The first-order valence-corrected chi connectivity index (χ1v) is 19.1. The zero-order chi connectivity index (χ0) is 36.8. The first-order chi connectivity index (χ1) is 25.3. The number of benzene rings is 3. The maximum absolute atomic E-state index is 11.7. The van der Waals surface area contributed by atoms with Crippen LogP contribution in [0.25, 0.3) is 55.4 Å². The molecule has 1 aliphatic rings. The van der Waals surface area contributed by atoms with Gasteiger partial charge in [-0.05, 0) is 74.6 Å². The van der Waals surface area contributed by atoms with Gasteiger partial charge in [0.2, 0.25) is 0 Å². The molecule has 1 N–H and O–H groups in total. The Kier molecular flexibility index (Phi) is 13.6. The van der Waals surface area contributed by atoms with Crippen molar-refractivity contribution in [2.24, 2.45) is 17.8 Å². The van der Waals surface area contributed by atoms with Crippen LogP contribution < -0.4 is 0 Å². The Balaban J connectivity index is 0.000000290. The molecule has 0 saturated carbocycles. The molecule has 6 heteroatoms. The predicted octanol–water partition coefficient (Wildman–Crippen LogP) is 12.3. The Morgan fingerprint density at radius 1 is 0.849 bits per heavy atom. The van der Waals surface area contributed by atoms with Crippen molar-refractivity contribution in [3.05, 3.63) is 120 Å². The SMILES string of the molecule is CC(C)Cc1ccc2c(n1)CCc1c-2oc2c(-c3[c-]c4ccccc4c(-c4ccccc4)c3)nccc12.CCC(CC)C(=O)/C=C(\O)C(CC)CC.[Ir]. The summed E-state index contributed by atoms with van der Waals surface area (Å²) in [5.74, 6) is 2.08. The molecule has 53 heavy (non-hydrogen) atoms. The van der Waals surface area contributed by atoms with Crippen molar-refractivity contribution in [2.45, 2.75) is 86.5 Å². The quantitative estimate of drug-likeness (QED) is 0.0797. The third kappa shape index (κ3) is 8.72. The number of carbonyl (C=O) groups excluding carboxylic acids is 1. The van der Waals surface area contributed by atoms with E-state index in [0.29, 0.717) is 5.92 Å². The topological polar surface area (TPSA) is 76.2 Å². The van der Waals surface area contributed by atoms with Crippen LogP contribution in [-0.2, 0) is 44.2 Å². The molecule has 0 aliphatic heterocycles. The van der Waals surface area contributed by atoms with E-state index < -0.39 is 0 Å². The molecule has 3 heterocycles. The van der Waals surface area contributed by atoms with Gasteiger partial charge < -0.3 is 9.52 Å². The van der Waals surface area contributed by atoms with Gasteiger partial charge in [-0.25, -0.2) is 0 Å². The molecule has 1 aliphatic carbocycles. The molecule has 0 atom stereocenters. The van der Waals surface area contributed by atoms with E-state index in [0.717, 1.165) is 95.3 Å². The number of fused-ring (bicyclic) bond motifs is 6. The standard InChI is InChI=1S/C34H27N2O.C13H24O2.Ir/c1-21(2)18-25-12-13-29-31(36-25)15-14-27-28-16-17-35-32(34(28)37-33(27)29)24-19-23-10-6-7-11-26(23)30(20-24)22-8-4-3-5-9-22;1-5-10(6-2)12(14)9-13(15)11(7-3)8-4;/h3-13,16-17,20-21H,14-15,18H2,1-2H3;9-11,14H,5-8H2,1-4H3;/q-1;;/b;12-9-;. The number of carbonyl (C=O) groups is 1. The molecule has 0 saturated heterocycles. The van der Waals surface area contributed by atoms with E-state index >= 15 is 0 Å². The summed E-state index contributed by atoms with van der Waals surface area (Å²) in [6.45, 7) is 12.5. The summed E-state index contributed by atoms with van der Waals surface area (Å²) in [4.78, 5) is 21.5. The van der Waals surface area contributed by atoms with Gasteiger partial charge in [0.15, 0.2) is 5.78 Å². The molecule has 3 aromatic carbocycles. The second-order valence-corrected chi connectivity index (χ2v) is 14.3. The van der Waals surface area contributed by atoms with E-state index in [4.69, 9.17) is 14.4 Å². The van der Waals surface area contributed by atoms with Crippen LogP contribution >= 0.6 is 0 Å². The molecule has 7 rings (SSSR count). The fraction of sp³-hybridized carbons (Fsp3) is 0.340. The van der Waals surface area contributed by atoms with Gasteiger partial charge in [-0.15, -0.1) is 23.6 Å². The van der Waals surface area contributed by atoms with Gasteiger partial charge in [-0.2, -0.15) is 0 Å². The molecule has 0 fully saturated rings. The molecule has 1 radical (unpaired) electrons. The predicted molar refractivity (Wildman–Crippen MR) is 214 cm³/mol. The Bertz CT molecular complexity index is 2190. The molecule has 0 spiro atoms. The Labute approximate surface area is 328 Å². The molecule has 0 bridgehead atoms. The van der Waals surface area contributed by atoms with Crippen molar-refractivity contribution in [1.82, 2.24) is 9.97 Å². The van der Waals surface area contributed by atoms with Crippen molar-refractivity contribution in [1.29, 1.82) is 0 Å². The summed E-state index contributed by atoms with van der Waals surface area (Å²) in [5.41, 5.74) is 9.64. The van der Waals surface area contributed by atoms with E-state index in [1.165, 1.54) is 28.2 Å². The van der Waals surface area contributed by atoms with Crippen LogP contribution in [0.3, 0.4) is 0 Å². The van der Waals surface area contributed by atoms with Crippen LogP contribution in [0.2, 0.25) is 0 Å². The van der Waals surface area contributed by atoms with Gasteiger partial charge >= 0.3 is 0 Å². The summed E-state index contributed by atoms with van der Waals surface area (Å²) < 4.78 is 6.66. The van der Waals surface area contributed by atoms with E-state index in [9.17, 15) is 9.90 Å². The molecule has 6 aromatic rings. The number of hydrogen-bond acceptors (Lipinski definition) is 5. The second-order valence-electron chi connectivity index (χ2n) is 14.3. The first-order valence-electron chi connectivity index (χ1n) is 19.1. The van der Waals surface area contributed by atoms with Gasteiger partial charge in [0.05, 0.1) is 11.5 Å². The summed E-state index contributed by atoms with van der Waals surface area (Å²) in [7, 11) is 0. The van der Waals surface area contributed by atoms with Crippen molar-refractivity contribution >= 4 is 27.5 Å². The average molecular weight is 884 g/mol. The van der Waals surface area contributed by atoms with Gasteiger partial charge in [0, 0.05) is 72.1 Å². The molecule has 3 aromatic heterocycles. The number of rotatable bonds is 11. The van der Waals surface area contributed by atoms with Crippen molar-refractivity contribution < 1.29 is 34.4 Å². The normalized spacial score (nSPS) is 12.4. The summed E-state index contributed by atoms with van der Waals surface area (Å²) in [6, 6.07) is 31.2. The maximum Gasteiger partial charge on any atom is 0.162 e. The summed E-state index contributed by atoms with van der Waals surface area (Å²) >= 11 is 0. The van der Waals surface area contributed by atoms with Crippen molar-refractivity contribution in [3.8, 4) is 33.7 Å². The fourth-order valence-corrected chi connectivity index (χ4v) is 7.45. The van der Waals surface area contributed by atoms with E-state index in [1.807, 2.05) is 33.9 Å². The number of allylic oxidation sites excluding steroid dienone is 2. The van der Waals surface area contributed by atoms with E-state index in [2.05, 4.69) is 98.8 Å². The van der Waals surface area contributed by atoms with Crippen LogP contribution in [-0.4, -0.2) is 20.9 Å². The minimum Gasteiger partial charge on any atom is -0.512 e. The molecule has 0 unspecified atom stereocenters. The van der Waals surface area contributed by atoms with Crippen LogP contribution in [0, 0.1) is 23.8 Å². The molecule has 277 valence electrons. The van der Waals surface area contributed by atoms with Gasteiger partial charge in [0.25, 0.3) is 0 Å². The third-order valence-electron chi connectivity index (χ3n) is 10.4. The Morgan fingerprint density at radius 2 is 1.55 bits per heavy atom. The Morgan fingerprint density at radius 3 is 2.25 bits per heavy atom. The zero-order valence-corrected chi connectivity index (χ0v) is 34.2. The van der Waals surface area contributed by atoms with Crippen LogP contribution in [0.5, 0.6) is 0 Å². The molecule has 5 nitrogen and oxygen atoms in total. The number of furan rings is 1. The van der Waals surface area contributed by atoms with Gasteiger partial charge in [0.1, 0.15) is 11.3 Å². The maximum atomic E-state index is 11.7. The number of aliphatic hydroxyl groups excluding tert-OH is 1. The number of hydrogen-bond donors (Lipinski definition) is 1. The molecular weight excluding hydrogens is 833 g/mol. The van der Waals surface area contributed by atoms with Crippen molar-refractivity contribution in [2.75, 3.05) is 0 Å². The number of aromatic nitrogens is 2. The van der Waals surface area contributed by atoms with Gasteiger partial charge in [-0.1, -0.05) is 107 Å². The number of pyridine rings is 2. The van der Waals surface area contributed by atoms with Crippen LogP contribution in [0.1, 0.15) is 84.2 Å². The third-order valence-corrected chi connectivity index (χ3v) is 10.4. The average Bonchev–Trinajstić information content (AvgIpc) is 3.55.